The summed E-state index contributed by atoms with van der Waals surface area (Å²) in [6.45, 7) is 0. The van der Waals surface area contributed by atoms with Gasteiger partial charge in [0, 0.05) is 21.0 Å². The maximum absolute atomic E-state index is 12.1. The molecule has 0 unspecified atom stereocenters. The van der Waals surface area contributed by atoms with Crippen LogP contribution in [0.25, 0.3) is 0 Å². The van der Waals surface area contributed by atoms with E-state index in [0.29, 0.717) is 10.6 Å². The normalized spacial score (nSPS) is 10.3. The Kier molecular flexibility index (Phi) is 4.06. The number of carbonyl (C=O) groups excluding carboxylic acids is 1. The van der Waals surface area contributed by atoms with E-state index < -0.39 is 0 Å². The van der Waals surface area contributed by atoms with Crippen LogP contribution in [0.2, 0.25) is 5.02 Å². The minimum atomic E-state index is -0.00788. The summed E-state index contributed by atoms with van der Waals surface area (Å²) in [6, 6.07) is 7.31. The van der Waals surface area contributed by atoms with E-state index in [-0.39, 0.29) is 5.91 Å². The van der Waals surface area contributed by atoms with E-state index in [4.69, 9.17) is 11.6 Å². The van der Waals surface area contributed by atoms with Gasteiger partial charge in [-0.3, -0.25) is 4.79 Å². The molecule has 2 nitrogen and oxygen atoms in total. The summed E-state index contributed by atoms with van der Waals surface area (Å²) in [5, 5.41) is 4.42. The fraction of sp³-hybridized carbons (Fsp3) is 0.0833. The van der Waals surface area contributed by atoms with Gasteiger partial charge in [0.15, 0.2) is 0 Å². The van der Waals surface area contributed by atoms with Crippen LogP contribution in [-0.2, 0) is 0 Å². The fourth-order valence-corrected chi connectivity index (χ4v) is 3.31. The first-order valence-corrected chi connectivity index (χ1v) is 7.25. The number of hydrogen-bond acceptors (Lipinski definition) is 2. The van der Waals surface area contributed by atoms with Gasteiger partial charge in [-0.1, -0.05) is 11.6 Å². The summed E-state index contributed by atoms with van der Waals surface area (Å²) in [6.07, 6.45) is 0. The van der Waals surface area contributed by atoms with E-state index in [1.807, 2.05) is 29.0 Å². The van der Waals surface area contributed by atoms with Gasteiger partial charge in [-0.05, 0) is 52.2 Å². The monoisotopic (exact) mass is 377 g/mol. The van der Waals surface area contributed by atoms with Crippen molar-refractivity contribution in [3.05, 3.63) is 49.2 Å². The van der Waals surface area contributed by atoms with Gasteiger partial charge in [0.25, 0.3) is 5.91 Å². The minimum Gasteiger partial charge on any atom is -0.310 e. The number of halogens is 2. The van der Waals surface area contributed by atoms with Crippen LogP contribution in [0, 0.1) is 3.57 Å². The molecule has 0 aliphatic carbocycles. The Bertz CT molecular complexity index is 541. The molecule has 5 heteroatoms. The zero-order valence-electron chi connectivity index (χ0n) is 8.98. The largest absolute Gasteiger partial charge is 0.310 e. The molecule has 0 saturated carbocycles. The summed E-state index contributed by atoms with van der Waals surface area (Å²) in [5.41, 5.74) is 1.58. The van der Waals surface area contributed by atoms with E-state index >= 15 is 0 Å². The standard InChI is InChI=1S/C12H9ClINOS/c1-15(12(16)8-4-5-17-7-8)11-3-2-9(13)6-10(11)14/h2-7H,1H3. The minimum absolute atomic E-state index is 0.00788. The smallest absolute Gasteiger partial charge is 0.258 e. The Hall–Kier alpha value is -0.590. The van der Waals surface area contributed by atoms with Gasteiger partial charge >= 0.3 is 0 Å². The third-order valence-electron chi connectivity index (χ3n) is 2.34. The molecule has 0 aliphatic heterocycles. The highest BCUT2D eigenvalue weighted by Gasteiger charge is 2.15. The van der Waals surface area contributed by atoms with Gasteiger partial charge in [0.1, 0.15) is 0 Å². The second kappa shape index (κ2) is 5.37. The van der Waals surface area contributed by atoms with Crippen LogP contribution in [0.1, 0.15) is 10.4 Å². The molecule has 0 N–H and O–H groups in total. The number of amides is 1. The number of thiophene rings is 1. The molecule has 88 valence electrons. The van der Waals surface area contributed by atoms with E-state index in [9.17, 15) is 4.79 Å². The van der Waals surface area contributed by atoms with E-state index in [0.717, 1.165) is 9.26 Å². The Morgan fingerprint density at radius 1 is 1.41 bits per heavy atom. The summed E-state index contributed by atoms with van der Waals surface area (Å²) in [4.78, 5) is 13.8. The number of anilines is 1. The van der Waals surface area contributed by atoms with Gasteiger partial charge in [0.05, 0.1) is 11.3 Å². The Morgan fingerprint density at radius 2 is 2.18 bits per heavy atom. The number of benzene rings is 1. The van der Waals surface area contributed by atoms with Crippen molar-refractivity contribution in [2.45, 2.75) is 0 Å². The summed E-state index contributed by atoms with van der Waals surface area (Å²) < 4.78 is 0.959. The predicted molar refractivity (Wildman–Crippen MR) is 81.2 cm³/mol. The van der Waals surface area contributed by atoms with Gasteiger partial charge in [0.2, 0.25) is 0 Å². The Labute approximate surface area is 122 Å². The third-order valence-corrected chi connectivity index (χ3v) is 4.13. The van der Waals surface area contributed by atoms with Crippen molar-refractivity contribution in [3.63, 3.8) is 0 Å². The highest BCUT2D eigenvalue weighted by Crippen LogP contribution is 2.26. The average molecular weight is 378 g/mol. The highest BCUT2D eigenvalue weighted by atomic mass is 127. The first kappa shape index (κ1) is 12.9. The second-order valence-electron chi connectivity index (χ2n) is 3.47. The molecule has 0 radical (unpaired) electrons. The summed E-state index contributed by atoms with van der Waals surface area (Å²) in [5.74, 6) is -0.00788. The summed E-state index contributed by atoms with van der Waals surface area (Å²) >= 11 is 9.59. The number of hydrogen-bond donors (Lipinski definition) is 0. The Balaban J connectivity index is 2.31. The zero-order valence-corrected chi connectivity index (χ0v) is 12.7. The quantitative estimate of drug-likeness (QED) is 0.715. The predicted octanol–water partition coefficient (Wildman–Crippen LogP) is 4.28. The molecule has 0 spiro atoms. The van der Waals surface area contributed by atoms with E-state index in [1.165, 1.54) is 11.3 Å². The van der Waals surface area contributed by atoms with Crippen LogP contribution in [-0.4, -0.2) is 13.0 Å². The molecule has 0 bridgehead atoms. The lowest BCUT2D eigenvalue weighted by molar-refractivity contribution is 0.0993. The van der Waals surface area contributed by atoms with Crippen molar-refractivity contribution in [2.75, 3.05) is 11.9 Å². The first-order chi connectivity index (χ1) is 8.09. The molecule has 1 aromatic heterocycles. The first-order valence-electron chi connectivity index (χ1n) is 4.85. The molecule has 1 heterocycles. The van der Waals surface area contributed by atoms with Crippen molar-refractivity contribution < 1.29 is 4.79 Å². The van der Waals surface area contributed by atoms with Gasteiger partial charge < -0.3 is 4.90 Å². The van der Waals surface area contributed by atoms with Crippen molar-refractivity contribution in [2.24, 2.45) is 0 Å². The molecule has 0 aliphatic rings. The molecule has 0 atom stereocenters. The van der Waals surface area contributed by atoms with Gasteiger partial charge in [-0.2, -0.15) is 11.3 Å². The lowest BCUT2D eigenvalue weighted by atomic mass is 10.2. The van der Waals surface area contributed by atoms with Crippen LogP contribution < -0.4 is 4.90 Å². The topological polar surface area (TPSA) is 20.3 Å². The molecule has 0 fully saturated rings. The highest BCUT2D eigenvalue weighted by molar-refractivity contribution is 14.1. The molecule has 1 amide bonds. The number of carbonyl (C=O) groups is 1. The lowest BCUT2D eigenvalue weighted by Gasteiger charge is -2.18. The van der Waals surface area contributed by atoms with E-state index in [2.05, 4.69) is 22.6 Å². The molecular weight excluding hydrogens is 369 g/mol. The van der Waals surface area contributed by atoms with Crippen LogP contribution in [0.15, 0.2) is 35.0 Å². The lowest BCUT2D eigenvalue weighted by Crippen LogP contribution is -2.26. The van der Waals surface area contributed by atoms with Crippen molar-refractivity contribution >= 4 is 57.1 Å². The molecule has 17 heavy (non-hydrogen) atoms. The van der Waals surface area contributed by atoms with Crippen LogP contribution in [0.3, 0.4) is 0 Å². The van der Waals surface area contributed by atoms with E-state index in [1.54, 1.807) is 18.0 Å². The van der Waals surface area contributed by atoms with Crippen LogP contribution >= 0.6 is 45.5 Å². The van der Waals surface area contributed by atoms with Gasteiger partial charge in [-0.25, -0.2) is 0 Å². The average Bonchev–Trinajstić information content (AvgIpc) is 2.80. The Morgan fingerprint density at radius 3 is 2.76 bits per heavy atom. The maximum atomic E-state index is 12.1. The molecule has 2 rings (SSSR count). The van der Waals surface area contributed by atoms with Crippen molar-refractivity contribution in [3.8, 4) is 0 Å². The maximum Gasteiger partial charge on any atom is 0.258 e. The third kappa shape index (κ3) is 2.81. The van der Waals surface area contributed by atoms with Crippen molar-refractivity contribution in [1.82, 2.24) is 0 Å². The van der Waals surface area contributed by atoms with Gasteiger partial charge in [-0.15, -0.1) is 0 Å². The molecule has 2 aromatic rings. The molecular formula is C12H9ClINOS. The fourth-order valence-electron chi connectivity index (χ4n) is 1.44. The van der Waals surface area contributed by atoms with Crippen molar-refractivity contribution in [1.29, 1.82) is 0 Å². The van der Waals surface area contributed by atoms with Crippen LogP contribution in [0.4, 0.5) is 5.69 Å². The number of nitrogens with zero attached hydrogens (tertiary/aromatic N) is 1. The second-order valence-corrected chi connectivity index (χ2v) is 5.85. The van der Waals surface area contributed by atoms with Crippen LogP contribution in [0.5, 0.6) is 0 Å². The summed E-state index contributed by atoms with van der Waals surface area (Å²) in [7, 11) is 1.77. The zero-order chi connectivity index (χ0) is 12.4. The molecule has 0 saturated heterocycles. The number of rotatable bonds is 2. The molecule has 1 aromatic carbocycles. The SMILES string of the molecule is CN(C(=O)c1ccsc1)c1ccc(Cl)cc1I.